The van der Waals surface area contributed by atoms with Crippen LogP contribution in [-0.4, -0.2) is 28.1 Å². The van der Waals surface area contributed by atoms with Crippen LogP contribution in [0.5, 0.6) is 5.75 Å². The second kappa shape index (κ2) is 8.47. The number of aliphatic hydroxyl groups excluding tert-OH is 1. The Morgan fingerprint density at radius 2 is 1.92 bits per heavy atom. The maximum atomic E-state index is 12.3. The maximum absolute atomic E-state index is 12.3. The van der Waals surface area contributed by atoms with E-state index in [4.69, 9.17) is 26.2 Å². The van der Waals surface area contributed by atoms with Crippen molar-refractivity contribution in [2.45, 2.75) is 39.5 Å². The highest BCUT2D eigenvalue weighted by Crippen LogP contribution is 2.22. The summed E-state index contributed by atoms with van der Waals surface area (Å²) in [6.45, 7) is 6.60. The van der Waals surface area contributed by atoms with Crippen LogP contribution in [0.4, 0.5) is 0 Å². The standard InChI is InChI=1S/C18H23ClN2O4/c1-18(2,3)21-17(23)16(19)15(10-20-21)25-12-14-6-4-5-13(9-14)11-24-8-7-22/h4-6,9-10,22H,7-8,11-12H2,1-3H3. The van der Waals surface area contributed by atoms with E-state index in [0.717, 1.165) is 11.1 Å². The molecule has 1 aromatic heterocycles. The van der Waals surface area contributed by atoms with Gasteiger partial charge in [-0.2, -0.15) is 5.10 Å². The Balaban J connectivity index is 2.08. The van der Waals surface area contributed by atoms with Crippen LogP contribution >= 0.6 is 11.6 Å². The Kier molecular flexibility index (Phi) is 6.58. The van der Waals surface area contributed by atoms with E-state index in [1.165, 1.54) is 10.9 Å². The highest BCUT2D eigenvalue weighted by atomic mass is 35.5. The van der Waals surface area contributed by atoms with E-state index >= 15 is 0 Å². The first kappa shape index (κ1) is 19.4. The molecule has 136 valence electrons. The van der Waals surface area contributed by atoms with Gasteiger partial charge in [-0.1, -0.05) is 35.9 Å². The third-order valence-corrected chi connectivity index (χ3v) is 3.76. The van der Waals surface area contributed by atoms with E-state index in [2.05, 4.69) is 5.10 Å². The number of halogens is 1. The topological polar surface area (TPSA) is 73.6 Å². The molecule has 2 aromatic rings. The summed E-state index contributed by atoms with van der Waals surface area (Å²) >= 11 is 6.14. The Labute approximate surface area is 152 Å². The number of aliphatic hydroxyl groups is 1. The average Bonchev–Trinajstić information content (AvgIpc) is 2.56. The molecule has 7 heteroatoms. The lowest BCUT2D eigenvalue weighted by Gasteiger charge is -2.21. The third-order valence-electron chi connectivity index (χ3n) is 3.41. The zero-order valence-corrected chi connectivity index (χ0v) is 15.4. The Morgan fingerprint density at radius 3 is 2.56 bits per heavy atom. The van der Waals surface area contributed by atoms with Crippen molar-refractivity contribution in [1.82, 2.24) is 9.78 Å². The molecule has 1 heterocycles. The van der Waals surface area contributed by atoms with E-state index in [1.807, 2.05) is 45.0 Å². The smallest absolute Gasteiger partial charge is 0.289 e. The van der Waals surface area contributed by atoms with Crippen molar-refractivity contribution in [3.63, 3.8) is 0 Å². The van der Waals surface area contributed by atoms with Crippen molar-refractivity contribution in [2.75, 3.05) is 13.2 Å². The van der Waals surface area contributed by atoms with Gasteiger partial charge in [0.2, 0.25) is 0 Å². The van der Waals surface area contributed by atoms with E-state index in [9.17, 15) is 4.79 Å². The second-order valence-corrected chi connectivity index (χ2v) is 6.97. The molecule has 0 bridgehead atoms. The van der Waals surface area contributed by atoms with Crippen LogP contribution in [0.25, 0.3) is 0 Å². The van der Waals surface area contributed by atoms with Gasteiger partial charge in [-0.05, 0) is 31.9 Å². The van der Waals surface area contributed by atoms with Gasteiger partial charge in [-0.15, -0.1) is 0 Å². The van der Waals surface area contributed by atoms with Gasteiger partial charge in [0.1, 0.15) is 6.61 Å². The minimum atomic E-state index is -0.456. The highest BCUT2D eigenvalue weighted by Gasteiger charge is 2.19. The van der Waals surface area contributed by atoms with Crippen LogP contribution in [0.15, 0.2) is 35.3 Å². The molecule has 0 aliphatic carbocycles. The number of hydrogen-bond acceptors (Lipinski definition) is 5. The van der Waals surface area contributed by atoms with Crippen molar-refractivity contribution in [1.29, 1.82) is 0 Å². The van der Waals surface area contributed by atoms with E-state index in [-0.39, 0.29) is 29.5 Å². The Morgan fingerprint density at radius 1 is 1.24 bits per heavy atom. The molecule has 0 fully saturated rings. The van der Waals surface area contributed by atoms with E-state index in [0.29, 0.717) is 13.2 Å². The Hall–Kier alpha value is -1.89. The molecule has 0 saturated heterocycles. The summed E-state index contributed by atoms with van der Waals surface area (Å²) in [5.74, 6) is 0.258. The molecule has 25 heavy (non-hydrogen) atoms. The number of nitrogens with zero attached hydrogens (tertiary/aromatic N) is 2. The highest BCUT2D eigenvalue weighted by molar-refractivity contribution is 6.31. The van der Waals surface area contributed by atoms with Crippen molar-refractivity contribution in [2.24, 2.45) is 0 Å². The van der Waals surface area contributed by atoms with Gasteiger partial charge in [-0.25, -0.2) is 4.68 Å². The molecule has 0 radical (unpaired) electrons. The molecule has 1 N–H and O–H groups in total. The molecule has 0 aliphatic heterocycles. The number of aromatic nitrogens is 2. The van der Waals surface area contributed by atoms with Gasteiger partial charge in [0.25, 0.3) is 5.56 Å². The molecule has 0 amide bonds. The fourth-order valence-corrected chi connectivity index (χ4v) is 2.40. The van der Waals surface area contributed by atoms with Crippen LogP contribution in [0.1, 0.15) is 31.9 Å². The first-order valence-electron chi connectivity index (χ1n) is 8.00. The first-order valence-corrected chi connectivity index (χ1v) is 8.38. The van der Waals surface area contributed by atoms with Crippen LogP contribution in [0, 0.1) is 0 Å². The zero-order valence-electron chi connectivity index (χ0n) is 14.7. The normalized spacial score (nSPS) is 11.6. The predicted molar refractivity (Wildman–Crippen MR) is 96.0 cm³/mol. The summed E-state index contributed by atoms with van der Waals surface area (Å²) in [7, 11) is 0. The largest absolute Gasteiger partial charge is 0.485 e. The number of benzene rings is 1. The summed E-state index contributed by atoms with van der Waals surface area (Å²) in [5.41, 5.74) is 1.06. The second-order valence-electron chi connectivity index (χ2n) is 6.60. The van der Waals surface area contributed by atoms with E-state index in [1.54, 1.807) is 0 Å². The molecule has 1 aromatic carbocycles. The SMILES string of the molecule is CC(C)(C)n1ncc(OCc2cccc(COCCO)c2)c(Cl)c1=O. The van der Waals surface area contributed by atoms with Crippen LogP contribution in [-0.2, 0) is 23.5 Å². The molecular formula is C18H23ClN2O4. The van der Waals surface area contributed by atoms with Crippen molar-refractivity contribution in [3.05, 3.63) is 57.0 Å². The predicted octanol–water partition coefficient (Wildman–Crippen LogP) is 2.74. The van der Waals surface area contributed by atoms with Gasteiger partial charge in [-0.3, -0.25) is 4.79 Å². The van der Waals surface area contributed by atoms with Crippen LogP contribution in [0.2, 0.25) is 5.02 Å². The minimum absolute atomic E-state index is 0.00555. The molecular weight excluding hydrogens is 344 g/mol. The zero-order chi connectivity index (χ0) is 18.4. The fourth-order valence-electron chi connectivity index (χ4n) is 2.22. The summed E-state index contributed by atoms with van der Waals surface area (Å²) in [5, 5.41) is 12.9. The summed E-state index contributed by atoms with van der Waals surface area (Å²) in [6, 6.07) is 7.68. The van der Waals surface area contributed by atoms with Gasteiger partial charge >= 0.3 is 0 Å². The molecule has 0 unspecified atom stereocenters. The van der Waals surface area contributed by atoms with Gasteiger partial charge in [0.15, 0.2) is 10.8 Å². The Bertz CT molecular complexity index is 768. The lowest BCUT2D eigenvalue weighted by Crippen LogP contribution is -2.36. The fraction of sp³-hybridized carbons (Fsp3) is 0.444. The molecule has 0 atom stereocenters. The van der Waals surface area contributed by atoms with Crippen molar-refractivity contribution in [3.8, 4) is 5.75 Å². The molecule has 0 aliphatic rings. The quantitative estimate of drug-likeness (QED) is 0.763. The molecule has 2 rings (SSSR count). The summed E-state index contributed by atoms with van der Waals surface area (Å²) in [4.78, 5) is 12.3. The van der Waals surface area contributed by atoms with Crippen LogP contribution in [0.3, 0.4) is 0 Å². The van der Waals surface area contributed by atoms with E-state index < -0.39 is 5.54 Å². The molecule has 0 spiro atoms. The van der Waals surface area contributed by atoms with Gasteiger partial charge in [0.05, 0.1) is 31.6 Å². The average molecular weight is 367 g/mol. The lowest BCUT2D eigenvalue weighted by atomic mass is 10.1. The van der Waals surface area contributed by atoms with Crippen molar-refractivity contribution < 1.29 is 14.6 Å². The third kappa shape index (κ3) is 5.29. The minimum Gasteiger partial charge on any atom is -0.485 e. The monoisotopic (exact) mass is 366 g/mol. The first-order chi connectivity index (χ1) is 11.8. The number of hydrogen-bond donors (Lipinski definition) is 1. The summed E-state index contributed by atoms with van der Waals surface area (Å²) in [6.07, 6.45) is 1.46. The van der Waals surface area contributed by atoms with Gasteiger partial charge in [0, 0.05) is 0 Å². The van der Waals surface area contributed by atoms with Crippen molar-refractivity contribution >= 4 is 11.6 Å². The number of rotatable bonds is 7. The number of ether oxygens (including phenoxy) is 2. The molecule has 6 nitrogen and oxygen atoms in total. The summed E-state index contributed by atoms with van der Waals surface area (Å²) < 4.78 is 12.3. The molecule has 0 saturated carbocycles. The maximum Gasteiger partial charge on any atom is 0.289 e. The lowest BCUT2D eigenvalue weighted by molar-refractivity contribution is 0.0815. The van der Waals surface area contributed by atoms with Crippen LogP contribution < -0.4 is 10.3 Å². The van der Waals surface area contributed by atoms with Gasteiger partial charge < -0.3 is 14.6 Å².